The molecule has 116 valence electrons. The van der Waals surface area contributed by atoms with Crippen molar-refractivity contribution in [1.82, 2.24) is 9.71 Å². The van der Waals surface area contributed by atoms with E-state index in [0.29, 0.717) is 0 Å². The Morgan fingerprint density at radius 3 is 2.41 bits per heavy atom. The Hall–Kier alpha value is -2.46. The van der Waals surface area contributed by atoms with E-state index in [1.165, 1.54) is 0 Å². The van der Waals surface area contributed by atoms with Gasteiger partial charge in [-0.15, -0.1) is 0 Å². The van der Waals surface area contributed by atoms with Gasteiger partial charge in [0.1, 0.15) is 5.69 Å². The van der Waals surface area contributed by atoms with Gasteiger partial charge in [-0.05, 0) is 19.9 Å². The number of benzene rings is 1. The minimum Gasteiger partial charge on any atom is -0.437 e. The SMILES string of the molecule is CB(O)N(C)CCN1C(=O)c2cc(N)c([N+](=O)[O-])cc2C1=O. The van der Waals surface area contributed by atoms with Crippen molar-refractivity contribution in [2.24, 2.45) is 0 Å². The zero-order chi connectivity index (χ0) is 16.6. The third-order valence-electron chi connectivity index (χ3n) is 3.63. The number of imide groups is 1. The van der Waals surface area contributed by atoms with Crippen molar-refractivity contribution in [2.45, 2.75) is 6.82 Å². The normalized spacial score (nSPS) is 13.7. The van der Waals surface area contributed by atoms with Gasteiger partial charge in [0, 0.05) is 19.2 Å². The monoisotopic (exact) mass is 306 g/mol. The molecule has 0 unspecified atom stereocenters. The second kappa shape index (κ2) is 5.74. The fourth-order valence-electron chi connectivity index (χ4n) is 2.15. The highest BCUT2D eigenvalue weighted by Gasteiger charge is 2.37. The number of nitro benzene ring substituents is 1. The summed E-state index contributed by atoms with van der Waals surface area (Å²) in [5.41, 5.74) is 5.03. The number of hydrogen-bond acceptors (Lipinski definition) is 7. The van der Waals surface area contributed by atoms with Crippen LogP contribution in [0.4, 0.5) is 11.4 Å². The lowest BCUT2D eigenvalue weighted by molar-refractivity contribution is -0.383. The van der Waals surface area contributed by atoms with Gasteiger partial charge in [0.15, 0.2) is 0 Å². The van der Waals surface area contributed by atoms with E-state index in [4.69, 9.17) is 5.73 Å². The minimum absolute atomic E-state index is 0.0226. The maximum atomic E-state index is 12.2. The molecule has 1 aliphatic rings. The summed E-state index contributed by atoms with van der Waals surface area (Å²) in [7, 11) is 0.929. The van der Waals surface area contributed by atoms with Crippen molar-refractivity contribution in [3.8, 4) is 0 Å². The third kappa shape index (κ3) is 2.65. The van der Waals surface area contributed by atoms with Crippen LogP contribution in [-0.4, -0.2) is 58.7 Å². The Balaban J connectivity index is 2.27. The van der Waals surface area contributed by atoms with Crippen LogP contribution in [0.5, 0.6) is 0 Å². The second-order valence-electron chi connectivity index (χ2n) is 5.09. The second-order valence-corrected chi connectivity index (χ2v) is 5.09. The minimum atomic E-state index is -0.716. The molecule has 1 aromatic rings. The van der Waals surface area contributed by atoms with Crippen LogP contribution in [0, 0.1) is 10.1 Å². The molecule has 9 nitrogen and oxygen atoms in total. The summed E-state index contributed by atoms with van der Waals surface area (Å²) >= 11 is 0. The predicted molar refractivity (Wildman–Crippen MR) is 79.3 cm³/mol. The van der Waals surface area contributed by atoms with Gasteiger partial charge in [-0.25, -0.2) is 0 Å². The lowest BCUT2D eigenvalue weighted by Gasteiger charge is -2.20. The summed E-state index contributed by atoms with van der Waals surface area (Å²) in [6.45, 7) is 1.91. The van der Waals surface area contributed by atoms with Gasteiger partial charge in [-0.2, -0.15) is 0 Å². The number of likely N-dealkylation sites (N-methyl/N-ethyl adjacent to an activating group) is 1. The average Bonchev–Trinajstić information content (AvgIpc) is 2.67. The summed E-state index contributed by atoms with van der Waals surface area (Å²) in [5, 5.41) is 20.2. The van der Waals surface area contributed by atoms with Crippen LogP contribution in [-0.2, 0) is 0 Å². The number of nitro groups is 1. The van der Waals surface area contributed by atoms with Crippen molar-refractivity contribution in [1.29, 1.82) is 0 Å². The molecular formula is C12H15BN4O5. The molecular weight excluding hydrogens is 291 g/mol. The van der Waals surface area contributed by atoms with Gasteiger partial charge in [-0.3, -0.25) is 24.6 Å². The molecule has 1 heterocycles. The molecule has 0 bridgehead atoms. The molecule has 0 atom stereocenters. The number of nitrogen functional groups attached to an aromatic ring is 1. The fourth-order valence-corrected chi connectivity index (χ4v) is 2.15. The Morgan fingerprint density at radius 2 is 1.91 bits per heavy atom. The van der Waals surface area contributed by atoms with Crippen molar-refractivity contribution < 1.29 is 19.5 Å². The van der Waals surface area contributed by atoms with Gasteiger partial charge in [0.25, 0.3) is 17.5 Å². The maximum Gasteiger partial charge on any atom is 0.376 e. The molecule has 0 aromatic heterocycles. The van der Waals surface area contributed by atoms with E-state index in [1.54, 1.807) is 18.7 Å². The Kier molecular flexibility index (Phi) is 4.15. The van der Waals surface area contributed by atoms with Crippen LogP contribution in [0.15, 0.2) is 12.1 Å². The maximum absolute atomic E-state index is 12.2. The first kappa shape index (κ1) is 15.9. The fraction of sp³-hybridized carbons (Fsp3) is 0.333. The molecule has 1 aromatic carbocycles. The summed E-state index contributed by atoms with van der Waals surface area (Å²) in [6, 6.07) is 2.19. The van der Waals surface area contributed by atoms with E-state index < -0.39 is 29.5 Å². The highest BCUT2D eigenvalue weighted by molar-refractivity contribution is 6.45. The average molecular weight is 306 g/mol. The summed E-state index contributed by atoms with van der Waals surface area (Å²) in [4.78, 5) is 37.2. The zero-order valence-corrected chi connectivity index (χ0v) is 12.1. The summed E-state index contributed by atoms with van der Waals surface area (Å²) in [6.07, 6.45) is 0. The molecule has 0 radical (unpaired) electrons. The van der Waals surface area contributed by atoms with Gasteiger partial charge >= 0.3 is 7.05 Å². The number of nitrogens with two attached hydrogens (primary N) is 1. The molecule has 3 N–H and O–H groups in total. The molecule has 22 heavy (non-hydrogen) atoms. The van der Waals surface area contributed by atoms with E-state index in [-0.39, 0.29) is 29.9 Å². The van der Waals surface area contributed by atoms with Crippen LogP contribution >= 0.6 is 0 Å². The number of fused-ring (bicyclic) bond motifs is 1. The molecule has 10 heteroatoms. The molecule has 2 amide bonds. The molecule has 0 aliphatic carbocycles. The zero-order valence-electron chi connectivity index (χ0n) is 12.1. The van der Waals surface area contributed by atoms with Gasteiger partial charge in [-0.1, -0.05) is 0 Å². The molecule has 2 rings (SSSR count). The van der Waals surface area contributed by atoms with E-state index in [2.05, 4.69) is 0 Å². The quantitative estimate of drug-likeness (QED) is 0.253. The number of nitrogens with zero attached hydrogens (tertiary/aromatic N) is 3. The van der Waals surface area contributed by atoms with Crippen LogP contribution in [0.2, 0.25) is 6.82 Å². The largest absolute Gasteiger partial charge is 0.437 e. The molecule has 0 spiro atoms. The molecule has 1 aliphatic heterocycles. The number of carbonyl (C=O) groups is 2. The number of carbonyl (C=O) groups excluding carboxylic acids is 2. The number of amides is 2. The predicted octanol–water partition coefficient (Wildman–Crippen LogP) is -0.185. The van der Waals surface area contributed by atoms with Crippen molar-refractivity contribution >= 4 is 30.2 Å². The lowest BCUT2D eigenvalue weighted by Crippen LogP contribution is -2.41. The van der Waals surface area contributed by atoms with Crippen LogP contribution in [0.1, 0.15) is 20.7 Å². The molecule has 0 fully saturated rings. The van der Waals surface area contributed by atoms with Crippen LogP contribution < -0.4 is 5.73 Å². The highest BCUT2D eigenvalue weighted by atomic mass is 16.6. The first-order chi connectivity index (χ1) is 10.2. The standard InChI is InChI=1S/C12H15BN4O5/c1-13(20)15(2)3-4-16-11(18)7-5-9(14)10(17(21)22)6-8(7)12(16)19/h5-6,20H,3-4,14H2,1-2H3. The number of rotatable bonds is 5. The van der Waals surface area contributed by atoms with E-state index >= 15 is 0 Å². The van der Waals surface area contributed by atoms with Crippen molar-refractivity contribution in [2.75, 3.05) is 25.9 Å². The Bertz CT molecular complexity index is 663. The Morgan fingerprint density at radius 1 is 1.36 bits per heavy atom. The summed E-state index contributed by atoms with van der Waals surface area (Å²) < 4.78 is 0. The van der Waals surface area contributed by atoms with E-state index in [1.807, 2.05) is 0 Å². The summed E-state index contributed by atoms with van der Waals surface area (Å²) in [5.74, 6) is -1.14. The van der Waals surface area contributed by atoms with Gasteiger partial charge in [0.05, 0.1) is 16.1 Å². The van der Waals surface area contributed by atoms with Gasteiger partial charge in [0.2, 0.25) is 0 Å². The van der Waals surface area contributed by atoms with Crippen molar-refractivity contribution in [3.63, 3.8) is 0 Å². The number of hydrogen-bond donors (Lipinski definition) is 2. The lowest BCUT2D eigenvalue weighted by atomic mass is 9.86. The number of anilines is 1. The third-order valence-corrected chi connectivity index (χ3v) is 3.63. The molecule has 0 saturated carbocycles. The first-order valence-electron chi connectivity index (χ1n) is 6.56. The molecule has 0 saturated heterocycles. The van der Waals surface area contributed by atoms with Crippen LogP contribution in [0.3, 0.4) is 0 Å². The smallest absolute Gasteiger partial charge is 0.376 e. The topological polar surface area (TPSA) is 130 Å². The van der Waals surface area contributed by atoms with E-state index in [9.17, 15) is 24.7 Å². The van der Waals surface area contributed by atoms with E-state index in [0.717, 1.165) is 17.0 Å². The first-order valence-corrected chi connectivity index (χ1v) is 6.56. The highest BCUT2D eigenvalue weighted by Crippen LogP contribution is 2.31. The van der Waals surface area contributed by atoms with Crippen molar-refractivity contribution in [3.05, 3.63) is 33.4 Å². The Labute approximate surface area is 126 Å². The van der Waals surface area contributed by atoms with Gasteiger partial charge < -0.3 is 15.6 Å². The van der Waals surface area contributed by atoms with Crippen LogP contribution in [0.25, 0.3) is 0 Å².